The van der Waals surface area contributed by atoms with Gasteiger partial charge in [-0.1, -0.05) is 43.3 Å². The molecule has 26 heavy (non-hydrogen) atoms. The van der Waals surface area contributed by atoms with Crippen LogP contribution in [0.1, 0.15) is 30.5 Å². The lowest BCUT2D eigenvalue weighted by atomic mass is 9.99. The van der Waals surface area contributed by atoms with Gasteiger partial charge in [-0.15, -0.1) is 0 Å². The zero-order valence-electron chi connectivity index (χ0n) is 15.1. The van der Waals surface area contributed by atoms with E-state index in [2.05, 4.69) is 10.8 Å². The fourth-order valence-corrected chi connectivity index (χ4v) is 4.41. The number of sulfonamides is 1. The minimum atomic E-state index is -3.73. The minimum Gasteiger partial charge on any atom is -0.337 e. The highest BCUT2D eigenvalue weighted by Gasteiger charge is 2.28. The standard InChI is InChI=1S/C20H24N2O3S/c1-3-16-8-10-19(11-9-16)26(24,25)21-15(2)20(23)22-13-12-17-6-4-5-7-18(17)14-22/h4-11,15,21H,3,12-14H2,1-2H3/t15-/m0/s1. The lowest BCUT2D eigenvalue weighted by molar-refractivity contribution is -0.133. The van der Waals surface area contributed by atoms with E-state index in [4.69, 9.17) is 0 Å². The molecule has 1 atom stereocenters. The van der Waals surface area contributed by atoms with Crippen LogP contribution in [-0.4, -0.2) is 31.8 Å². The van der Waals surface area contributed by atoms with Crippen LogP contribution in [-0.2, 0) is 34.2 Å². The fraction of sp³-hybridized carbons (Fsp3) is 0.350. The third-order valence-corrected chi connectivity index (χ3v) is 6.34. The average molecular weight is 372 g/mol. The quantitative estimate of drug-likeness (QED) is 0.877. The summed E-state index contributed by atoms with van der Waals surface area (Å²) >= 11 is 0. The van der Waals surface area contributed by atoms with Crippen molar-refractivity contribution in [2.75, 3.05) is 6.54 Å². The number of hydrogen-bond acceptors (Lipinski definition) is 3. The Balaban J connectivity index is 1.69. The maximum absolute atomic E-state index is 12.7. The molecule has 6 heteroatoms. The average Bonchev–Trinajstić information content (AvgIpc) is 2.66. The van der Waals surface area contributed by atoms with E-state index < -0.39 is 16.1 Å². The third-order valence-electron chi connectivity index (χ3n) is 4.79. The van der Waals surface area contributed by atoms with Crippen molar-refractivity contribution < 1.29 is 13.2 Å². The first-order valence-electron chi connectivity index (χ1n) is 8.87. The number of carbonyl (C=O) groups is 1. The summed E-state index contributed by atoms with van der Waals surface area (Å²) < 4.78 is 27.6. The molecule has 0 unspecified atom stereocenters. The Bertz CT molecular complexity index is 892. The molecule has 0 spiro atoms. The highest BCUT2D eigenvalue weighted by molar-refractivity contribution is 7.89. The van der Waals surface area contributed by atoms with Crippen molar-refractivity contribution in [1.29, 1.82) is 0 Å². The van der Waals surface area contributed by atoms with Gasteiger partial charge in [0.2, 0.25) is 15.9 Å². The van der Waals surface area contributed by atoms with Gasteiger partial charge in [0.05, 0.1) is 10.9 Å². The molecule has 2 aromatic carbocycles. The zero-order valence-corrected chi connectivity index (χ0v) is 15.9. The highest BCUT2D eigenvalue weighted by Crippen LogP contribution is 2.19. The van der Waals surface area contributed by atoms with Crippen molar-refractivity contribution in [2.45, 2.75) is 44.2 Å². The summed E-state index contributed by atoms with van der Waals surface area (Å²) in [4.78, 5) is 14.6. The molecule has 0 saturated carbocycles. The largest absolute Gasteiger partial charge is 0.337 e. The second-order valence-electron chi connectivity index (χ2n) is 6.62. The second-order valence-corrected chi connectivity index (χ2v) is 8.33. The number of benzene rings is 2. The van der Waals surface area contributed by atoms with Crippen LogP contribution in [0.3, 0.4) is 0 Å². The number of hydrogen-bond donors (Lipinski definition) is 1. The van der Waals surface area contributed by atoms with E-state index in [0.717, 1.165) is 24.0 Å². The van der Waals surface area contributed by atoms with E-state index in [1.807, 2.05) is 25.1 Å². The predicted molar refractivity (Wildman–Crippen MR) is 101 cm³/mol. The normalized spacial score (nSPS) is 15.4. The van der Waals surface area contributed by atoms with Crippen molar-refractivity contribution in [2.24, 2.45) is 0 Å². The third kappa shape index (κ3) is 3.97. The molecule has 0 radical (unpaired) electrons. The van der Waals surface area contributed by atoms with Crippen LogP contribution >= 0.6 is 0 Å². The van der Waals surface area contributed by atoms with Crippen molar-refractivity contribution in [3.63, 3.8) is 0 Å². The summed E-state index contributed by atoms with van der Waals surface area (Å²) in [6.07, 6.45) is 1.64. The monoisotopic (exact) mass is 372 g/mol. The molecule has 0 saturated heterocycles. The first-order valence-corrected chi connectivity index (χ1v) is 10.4. The van der Waals surface area contributed by atoms with Crippen LogP contribution in [0.5, 0.6) is 0 Å². The van der Waals surface area contributed by atoms with Gasteiger partial charge in [-0.25, -0.2) is 8.42 Å². The number of nitrogens with zero attached hydrogens (tertiary/aromatic N) is 1. The summed E-state index contributed by atoms with van der Waals surface area (Å²) in [6.45, 7) is 4.74. The van der Waals surface area contributed by atoms with Crippen molar-refractivity contribution in [1.82, 2.24) is 9.62 Å². The number of amides is 1. The van der Waals surface area contributed by atoms with Gasteiger partial charge in [-0.2, -0.15) is 4.72 Å². The topological polar surface area (TPSA) is 66.5 Å². The van der Waals surface area contributed by atoms with Gasteiger partial charge in [-0.05, 0) is 48.6 Å². The van der Waals surface area contributed by atoms with Crippen LogP contribution in [0.25, 0.3) is 0 Å². The maximum Gasteiger partial charge on any atom is 0.241 e. The van der Waals surface area contributed by atoms with Gasteiger partial charge in [0.15, 0.2) is 0 Å². The first-order chi connectivity index (χ1) is 12.4. The molecule has 3 rings (SSSR count). The lowest BCUT2D eigenvalue weighted by Crippen LogP contribution is -2.48. The number of rotatable bonds is 5. The SMILES string of the molecule is CCc1ccc(S(=O)(=O)N[C@@H](C)C(=O)N2CCc3ccccc3C2)cc1. The molecule has 1 aliphatic rings. The van der Waals surface area contributed by atoms with Crippen LogP contribution in [0.4, 0.5) is 0 Å². The molecule has 1 aliphatic heterocycles. The van der Waals surface area contributed by atoms with E-state index in [0.29, 0.717) is 13.1 Å². The molecular formula is C20H24N2O3S. The van der Waals surface area contributed by atoms with Crippen molar-refractivity contribution >= 4 is 15.9 Å². The number of fused-ring (bicyclic) bond motifs is 1. The van der Waals surface area contributed by atoms with Crippen molar-refractivity contribution in [3.8, 4) is 0 Å². The molecular weight excluding hydrogens is 348 g/mol. The zero-order chi connectivity index (χ0) is 18.7. The van der Waals surface area contributed by atoms with E-state index >= 15 is 0 Å². The smallest absolute Gasteiger partial charge is 0.241 e. The van der Waals surface area contributed by atoms with Crippen LogP contribution in [0, 0.1) is 0 Å². The summed E-state index contributed by atoms with van der Waals surface area (Å²) in [5.74, 6) is -0.201. The first kappa shape index (κ1) is 18.6. The van der Waals surface area contributed by atoms with E-state index in [9.17, 15) is 13.2 Å². The Morgan fingerprint density at radius 1 is 1.12 bits per heavy atom. The van der Waals surface area contributed by atoms with Crippen LogP contribution in [0.2, 0.25) is 0 Å². The molecule has 1 N–H and O–H groups in total. The molecule has 2 aromatic rings. The Morgan fingerprint density at radius 3 is 2.42 bits per heavy atom. The molecule has 5 nitrogen and oxygen atoms in total. The number of aryl methyl sites for hydroxylation is 1. The molecule has 0 fully saturated rings. The predicted octanol–water partition coefficient (Wildman–Crippen LogP) is 2.50. The molecule has 0 aliphatic carbocycles. The van der Waals surface area contributed by atoms with Crippen LogP contribution in [0.15, 0.2) is 53.4 Å². The minimum absolute atomic E-state index is 0.179. The maximum atomic E-state index is 12.7. The van der Waals surface area contributed by atoms with Crippen molar-refractivity contribution in [3.05, 3.63) is 65.2 Å². The van der Waals surface area contributed by atoms with Gasteiger partial charge in [-0.3, -0.25) is 4.79 Å². The summed E-state index contributed by atoms with van der Waals surface area (Å²) in [5, 5.41) is 0. The van der Waals surface area contributed by atoms with Crippen LogP contribution < -0.4 is 4.72 Å². The molecule has 1 amide bonds. The fourth-order valence-electron chi connectivity index (χ4n) is 3.21. The molecule has 0 bridgehead atoms. The van der Waals surface area contributed by atoms with Gasteiger partial charge in [0, 0.05) is 13.1 Å². The van der Waals surface area contributed by atoms with E-state index in [1.165, 1.54) is 5.56 Å². The lowest BCUT2D eigenvalue weighted by Gasteiger charge is -2.31. The summed E-state index contributed by atoms with van der Waals surface area (Å²) in [7, 11) is -3.73. The number of nitrogens with one attached hydrogen (secondary N) is 1. The molecule has 0 aromatic heterocycles. The van der Waals surface area contributed by atoms with E-state index in [1.54, 1.807) is 36.1 Å². The Kier molecular flexibility index (Phi) is 5.44. The second kappa shape index (κ2) is 7.60. The Labute approximate surface area is 155 Å². The van der Waals surface area contributed by atoms with E-state index in [-0.39, 0.29) is 10.8 Å². The van der Waals surface area contributed by atoms with Gasteiger partial charge >= 0.3 is 0 Å². The summed E-state index contributed by atoms with van der Waals surface area (Å²) in [5.41, 5.74) is 3.44. The number of carbonyl (C=O) groups excluding carboxylic acids is 1. The van der Waals surface area contributed by atoms with Gasteiger partial charge < -0.3 is 4.90 Å². The molecule has 1 heterocycles. The summed E-state index contributed by atoms with van der Waals surface area (Å²) in [6, 6.07) is 14.0. The Morgan fingerprint density at radius 2 is 1.77 bits per heavy atom. The molecule has 138 valence electrons. The highest BCUT2D eigenvalue weighted by atomic mass is 32.2. The van der Waals surface area contributed by atoms with Gasteiger partial charge in [0.1, 0.15) is 0 Å². The van der Waals surface area contributed by atoms with Gasteiger partial charge in [0.25, 0.3) is 0 Å². The Hall–Kier alpha value is -2.18.